The quantitative estimate of drug-likeness (QED) is 0.788. The van der Waals surface area contributed by atoms with Crippen LogP contribution in [0.4, 0.5) is 0 Å². The molecule has 0 unspecified atom stereocenters. The van der Waals surface area contributed by atoms with Crippen LogP contribution in [0.15, 0.2) is 49.1 Å². The summed E-state index contributed by atoms with van der Waals surface area (Å²) < 4.78 is 2.17. The van der Waals surface area contributed by atoms with E-state index in [4.69, 9.17) is 0 Å². The van der Waals surface area contributed by atoms with Crippen molar-refractivity contribution in [3.63, 3.8) is 0 Å². The minimum Gasteiger partial charge on any atom is -0.304 e. The van der Waals surface area contributed by atoms with Gasteiger partial charge in [-0.1, -0.05) is 56.0 Å². The molecule has 1 fully saturated rings. The maximum atomic E-state index is 4.22. The zero-order valence-corrected chi connectivity index (χ0v) is 12.0. The number of nitrogens with zero attached hydrogens (tertiary/aromatic N) is 3. The summed E-state index contributed by atoms with van der Waals surface area (Å²) in [6.07, 6.45) is 13.9. The minimum atomic E-state index is 0.631. The summed E-state index contributed by atoms with van der Waals surface area (Å²) in [7, 11) is 0. The maximum Gasteiger partial charge on any atom is 0.114 e. The zero-order chi connectivity index (χ0) is 13.6. The monoisotopic (exact) mass is 269 g/mol. The summed E-state index contributed by atoms with van der Waals surface area (Å²) in [4.78, 5) is 4.22. The van der Waals surface area contributed by atoms with Crippen LogP contribution in [0, 0.1) is 0 Å². The van der Waals surface area contributed by atoms with Gasteiger partial charge in [-0.15, -0.1) is 0 Å². The van der Waals surface area contributed by atoms with E-state index in [0.717, 1.165) is 6.54 Å². The van der Waals surface area contributed by atoms with Crippen LogP contribution in [0.1, 0.15) is 44.1 Å². The number of hydrogen-bond donors (Lipinski definition) is 0. The normalized spacial score (nSPS) is 16.8. The van der Waals surface area contributed by atoms with Crippen LogP contribution in [-0.2, 0) is 6.54 Å². The van der Waals surface area contributed by atoms with Gasteiger partial charge >= 0.3 is 0 Å². The maximum absolute atomic E-state index is 4.22. The predicted molar refractivity (Wildman–Crippen MR) is 82.1 cm³/mol. The van der Waals surface area contributed by atoms with E-state index in [1.807, 2.05) is 12.5 Å². The molecule has 106 valence electrons. The van der Waals surface area contributed by atoms with Crippen LogP contribution >= 0.6 is 0 Å². The van der Waals surface area contributed by atoms with Gasteiger partial charge in [0.25, 0.3) is 0 Å². The molecule has 0 saturated heterocycles. The third kappa shape index (κ3) is 3.21. The Bertz CT molecular complexity index is 484. The zero-order valence-electron chi connectivity index (χ0n) is 12.0. The molecule has 1 heterocycles. The summed E-state index contributed by atoms with van der Waals surface area (Å²) in [5.41, 5.74) is 1.37. The summed E-state index contributed by atoms with van der Waals surface area (Å²) in [6, 6.07) is 11.4. The second kappa shape index (κ2) is 6.60. The van der Waals surface area contributed by atoms with Crippen molar-refractivity contribution in [2.75, 3.05) is 5.01 Å². The van der Waals surface area contributed by atoms with Gasteiger partial charge in [0.05, 0.1) is 6.54 Å². The van der Waals surface area contributed by atoms with E-state index in [1.165, 1.54) is 44.1 Å². The molecule has 0 atom stereocenters. The average Bonchev–Trinajstić information content (AvgIpc) is 2.88. The Morgan fingerprint density at radius 1 is 1.05 bits per heavy atom. The summed E-state index contributed by atoms with van der Waals surface area (Å²) in [5.74, 6) is 0. The van der Waals surface area contributed by atoms with Crippen molar-refractivity contribution in [2.24, 2.45) is 0 Å². The van der Waals surface area contributed by atoms with Gasteiger partial charge in [-0.3, -0.25) is 4.68 Å². The highest BCUT2D eigenvalue weighted by Gasteiger charge is 2.20. The van der Waals surface area contributed by atoms with Gasteiger partial charge in [0, 0.05) is 18.4 Å². The molecule has 1 aliphatic carbocycles. The Balaban J connectivity index is 1.80. The number of aromatic nitrogens is 2. The van der Waals surface area contributed by atoms with Crippen molar-refractivity contribution in [3.8, 4) is 0 Å². The molecule has 1 saturated carbocycles. The van der Waals surface area contributed by atoms with E-state index >= 15 is 0 Å². The number of benzene rings is 1. The number of hydrogen-bond acceptors (Lipinski definition) is 2. The Morgan fingerprint density at radius 2 is 1.80 bits per heavy atom. The van der Waals surface area contributed by atoms with E-state index in [-0.39, 0.29) is 0 Å². The molecule has 0 N–H and O–H groups in total. The van der Waals surface area contributed by atoms with E-state index in [1.54, 1.807) is 0 Å². The molecular weight excluding hydrogens is 246 g/mol. The summed E-state index contributed by atoms with van der Waals surface area (Å²) >= 11 is 0. The highest BCUT2D eigenvalue weighted by molar-refractivity contribution is 5.17. The summed E-state index contributed by atoms with van der Waals surface area (Å²) in [6.45, 7) is 0.960. The molecule has 3 rings (SSSR count). The van der Waals surface area contributed by atoms with Crippen molar-refractivity contribution < 1.29 is 0 Å². The van der Waals surface area contributed by atoms with Crippen molar-refractivity contribution in [2.45, 2.75) is 51.1 Å². The van der Waals surface area contributed by atoms with Crippen molar-refractivity contribution in [3.05, 3.63) is 54.6 Å². The lowest BCUT2D eigenvalue weighted by molar-refractivity contribution is 0.425. The van der Waals surface area contributed by atoms with Gasteiger partial charge in [-0.2, -0.15) is 0 Å². The Morgan fingerprint density at radius 3 is 2.45 bits per heavy atom. The first-order valence-electron chi connectivity index (χ1n) is 7.72. The third-order valence-electron chi connectivity index (χ3n) is 4.22. The Hall–Kier alpha value is -1.77. The van der Waals surface area contributed by atoms with Gasteiger partial charge in [0.15, 0.2) is 0 Å². The molecule has 3 nitrogen and oxygen atoms in total. The molecule has 0 radical (unpaired) electrons. The van der Waals surface area contributed by atoms with Crippen LogP contribution in [-0.4, -0.2) is 15.7 Å². The largest absolute Gasteiger partial charge is 0.304 e. The number of rotatable bonds is 4. The Kier molecular flexibility index (Phi) is 4.36. The highest BCUT2D eigenvalue weighted by Crippen LogP contribution is 2.22. The van der Waals surface area contributed by atoms with E-state index in [0.29, 0.717) is 6.04 Å². The average molecular weight is 269 g/mol. The molecule has 0 bridgehead atoms. The van der Waals surface area contributed by atoms with Gasteiger partial charge in [0.2, 0.25) is 0 Å². The SMILES string of the molecule is c1ccc(CN(C2CCCCCC2)n2ccnc2)cc1. The molecular formula is C17H23N3. The fraction of sp³-hybridized carbons (Fsp3) is 0.471. The van der Waals surface area contributed by atoms with Gasteiger partial charge < -0.3 is 5.01 Å². The third-order valence-corrected chi connectivity index (χ3v) is 4.22. The van der Waals surface area contributed by atoms with Gasteiger partial charge in [-0.25, -0.2) is 4.98 Å². The minimum absolute atomic E-state index is 0.631. The fourth-order valence-electron chi connectivity index (χ4n) is 3.13. The topological polar surface area (TPSA) is 21.1 Å². The molecule has 0 amide bonds. The van der Waals surface area contributed by atoms with Gasteiger partial charge in [-0.05, 0) is 18.4 Å². The van der Waals surface area contributed by atoms with E-state index in [9.17, 15) is 0 Å². The van der Waals surface area contributed by atoms with Crippen LogP contribution < -0.4 is 5.01 Å². The lowest BCUT2D eigenvalue weighted by atomic mass is 10.1. The first-order valence-corrected chi connectivity index (χ1v) is 7.72. The van der Waals surface area contributed by atoms with E-state index in [2.05, 4.69) is 51.2 Å². The second-order valence-electron chi connectivity index (χ2n) is 5.67. The fourth-order valence-corrected chi connectivity index (χ4v) is 3.13. The molecule has 1 aromatic carbocycles. The van der Waals surface area contributed by atoms with Crippen molar-refractivity contribution >= 4 is 0 Å². The summed E-state index contributed by atoms with van der Waals surface area (Å²) in [5, 5.41) is 2.48. The molecule has 0 spiro atoms. The lowest BCUT2D eigenvalue weighted by Gasteiger charge is -2.33. The van der Waals surface area contributed by atoms with E-state index < -0.39 is 0 Å². The first kappa shape index (κ1) is 13.2. The van der Waals surface area contributed by atoms with Crippen molar-refractivity contribution in [1.82, 2.24) is 9.66 Å². The molecule has 3 heteroatoms. The van der Waals surface area contributed by atoms with Crippen LogP contribution in [0.25, 0.3) is 0 Å². The first-order chi connectivity index (χ1) is 9.93. The van der Waals surface area contributed by atoms with Gasteiger partial charge in [0.1, 0.15) is 6.33 Å². The Labute approximate surface area is 121 Å². The standard InChI is InChI=1S/C17H23N3/c1-2-7-11-17(10-6-1)20(19-13-12-18-15-19)14-16-8-4-3-5-9-16/h3-5,8-9,12-13,15,17H,1-2,6-7,10-11,14H2. The molecule has 20 heavy (non-hydrogen) atoms. The molecule has 1 aromatic heterocycles. The van der Waals surface area contributed by atoms with Crippen molar-refractivity contribution in [1.29, 1.82) is 0 Å². The molecule has 2 aromatic rings. The van der Waals surface area contributed by atoms with Crippen LogP contribution in [0.2, 0.25) is 0 Å². The molecule has 0 aliphatic heterocycles. The molecule has 1 aliphatic rings. The highest BCUT2D eigenvalue weighted by atomic mass is 15.6. The second-order valence-corrected chi connectivity index (χ2v) is 5.67. The van der Waals surface area contributed by atoms with Crippen LogP contribution in [0.5, 0.6) is 0 Å². The number of imidazole rings is 1. The lowest BCUT2D eigenvalue weighted by Crippen LogP contribution is -2.42. The van der Waals surface area contributed by atoms with Crippen LogP contribution in [0.3, 0.4) is 0 Å². The predicted octanol–water partition coefficient (Wildman–Crippen LogP) is 3.74. The smallest absolute Gasteiger partial charge is 0.114 e.